The Hall–Kier alpha value is -0.820. The molecule has 2 atom stereocenters. The fraction of sp³-hybridized carbons (Fsp3) is 0.667. The minimum Gasteiger partial charge on any atom is -0.314 e. The van der Waals surface area contributed by atoms with Crippen LogP contribution in [0, 0.1) is 0 Å². The molecular formula is C18H31N. The fourth-order valence-electron chi connectivity index (χ4n) is 2.47. The lowest BCUT2D eigenvalue weighted by atomic mass is 9.98. The molecule has 19 heavy (non-hydrogen) atoms. The zero-order valence-electron chi connectivity index (χ0n) is 13.0. The van der Waals surface area contributed by atoms with Crippen LogP contribution in [0.2, 0.25) is 0 Å². The van der Waals surface area contributed by atoms with E-state index < -0.39 is 0 Å². The minimum absolute atomic E-state index is 0.654. The first kappa shape index (κ1) is 16.2. The maximum atomic E-state index is 3.66. The maximum absolute atomic E-state index is 3.66. The van der Waals surface area contributed by atoms with Crippen LogP contribution in [0.1, 0.15) is 70.8 Å². The first-order chi connectivity index (χ1) is 9.24. The topological polar surface area (TPSA) is 12.0 Å². The van der Waals surface area contributed by atoms with Gasteiger partial charge in [-0.1, -0.05) is 69.9 Å². The Balaban J connectivity index is 2.09. The van der Waals surface area contributed by atoms with Crippen molar-refractivity contribution in [1.82, 2.24) is 5.32 Å². The molecule has 0 aliphatic rings. The molecule has 0 fully saturated rings. The van der Waals surface area contributed by atoms with Crippen LogP contribution in [0.25, 0.3) is 0 Å². The maximum Gasteiger partial charge on any atom is 0.00387 e. The lowest BCUT2D eigenvalue weighted by Crippen LogP contribution is -2.27. The van der Waals surface area contributed by atoms with Crippen molar-refractivity contribution in [3.8, 4) is 0 Å². The molecule has 1 rings (SSSR count). The number of benzene rings is 1. The molecule has 0 radical (unpaired) electrons. The van der Waals surface area contributed by atoms with Gasteiger partial charge in [0.25, 0.3) is 0 Å². The summed E-state index contributed by atoms with van der Waals surface area (Å²) in [4.78, 5) is 0. The van der Waals surface area contributed by atoms with Crippen LogP contribution in [-0.4, -0.2) is 12.6 Å². The van der Waals surface area contributed by atoms with Crippen molar-refractivity contribution >= 4 is 0 Å². The molecule has 108 valence electrons. The second-order valence-corrected chi connectivity index (χ2v) is 5.80. The van der Waals surface area contributed by atoms with Gasteiger partial charge in [0.2, 0.25) is 0 Å². The molecule has 0 aliphatic heterocycles. The Bertz CT molecular complexity index is 307. The van der Waals surface area contributed by atoms with Gasteiger partial charge in [-0.15, -0.1) is 0 Å². The summed E-state index contributed by atoms with van der Waals surface area (Å²) in [6.07, 6.45) is 8.02. The van der Waals surface area contributed by atoms with Crippen molar-refractivity contribution in [2.24, 2.45) is 0 Å². The van der Waals surface area contributed by atoms with Crippen molar-refractivity contribution in [2.75, 3.05) is 6.54 Å². The Morgan fingerprint density at radius 1 is 0.947 bits per heavy atom. The Morgan fingerprint density at radius 3 is 2.37 bits per heavy atom. The standard InChI is InChI=1S/C18H31N/c1-4-5-6-8-11-17(3)19-15-14-16(2)18-12-9-7-10-13-18/h7,9-10,12-13,16-17,19H,4-6,8,11,14-15H2,1-3H3. The highest BCUT2D eigenvalue weighted by Gasteiger charge is 2.06. The van der Waals surface area contributed by atoms with Gasteiger partial charge in [0.15, 0.2) is 0 Å². The quantitative estimate of drug-likeness (QED) is 0.576. The smallest absolute Gasteiger partial charge is 0.00387 e. The number of hydrogen-bond acceptors (Lipinski definition) is 1. The van der Waals surface area contributed by atoms with Crippen molar-refractivity contribution in [1.29, 1.82) is 0 Å². The molecule has 1 aromatic rings. The van der Waals surface area contributed by atoms with Crippen LogP contribution in [0.15, 0.2) is 30.3 Å². The zero-order valence-corrected chi connectivity index (χ0v) is 13.0. The summed E-state index contributed by atoms with van der Waals surface area (Å²) < 4.78 is 0. The molecule has 0 heterocycles. The molecule has 1 N–H and O–H groups in total. The van der Waals surface area contributed by atoms with Crippen molar-refractivity contribution in [2.45, 2.75) is 71.3 Å². The molecule has 0 bridgehead atoms. The first-order valence-corrected chi connectivity index (χ1v) is 8.02. The Kier molecular flexibility index (Phi) is 8.57. The van der Waals surface area contributed by atoms with Gasteiger partial charge in [0, 0.05) is 6.04 Å². The highest BCUT2D eigenvalue weighted by molar-refractivity contribution is 5.18. The fourth-order valence-corrected chi connectivity index (χ4v) is 2.47. The second kappa shape index (κ2) is 10.0. The third kappa shape index (κ3) is 7.37. The van der Waals surface area contributed by atoms with Crippen LogP contribution in [0.3, 0.4) is 0 Å². The number of hydrogen-bond donors (Lipinski definition) is 1. The molecular weight excluding hydrogens is 230 g/mol. The van der Waals surface area contributed by atoms with Crippen molar-refractivity contribution in [3.63, 3.8) is 0 Å². The average Bonchev–Trinajstić information content (AvgIpc) is 2.44. The molecule has 1 heteroatoms. The molecule has 0 aliphatic carbocycles. The van der Waals surface area contributed by atoms with E-state index in [1.54, 1.807) is 0 Å². The van der Waals surface area contributed by atoms with Crippen LogP contribution in [-0.2, 0) is 0 Å². The minimum atomic E-state index is 0.654. The van der Waals surface area contributed by atoms with Gasteiger partial charge in [-0.3, -0.25) is 0 Å². The number of nitrogens with one attached hydrogen (secondary N) is 1. The second-order valence-electron chi connectivity index (χ2n) is 5.80. The molecule has 0 spiro atoms. The number of unbranched alkanes of at least 4 members (excludes halogenated alkanes) is 3. The molecule has 0 aromatic heterocycles. The van der Waals surface area contributed by atoms with Gasteiger partial charge in [-0.2, -0.15) is 0 Å². The van der Waals surface area contributed by atoms with Gasteiger partial charge in [-0.05, 0) is 37.8 Å². The number of rotatable bonds is 10. The summed E-state index contributed by atoms with van der Waals surface area (Å²) in [5.41, 5.74) is 1.46. The zero-order chi connectivity index (χ0) is 13.9. The van der Waals surface area contributed by atoms with Gasteiger partial charge >= 0.3 is 0 Å². The van der Waals surface area contributed by atoms with E-state index in [0.29, 0.717) is 12.0 Å². The van der Waals surface area contributed by atoms with Gasteiger partial charge in [0.1, 0.15) is 0 Å². The van der Waals surface area contributed by atoms with E-state index in [4.69, 9.17) is 0 Å². The molecule has 1 nitrogen and oxygen atoms in total. The SMILES string of the molecule is CCCCCCC(C)NCCC(C)c1ccccc1. The van der Waals surface area contributed by atoms with Crippen LogP contribution in [0.5, 0.6) is 0 Å². The highest BCUT2D eigenvalue weighted by atomic mass is 14.9. The monoisotopic (exact) mass is 261 g/mol. The normalized spacial score (nSPS) is 14.3. The van der Waals surface area contributed by atoms with E-state index in [-0.39, 0.29) is 0 Å². The van der Waals surface area contributed by atoms with Crippen molar-refractivity contribution < 1.29 is 0 Å². The summed E-state index contributed by atoms with van der Waals surface area (Å²) >= 11 is 0. The summed E-state index contributed by atoms with van der Waals surface area (Å²) in [7, 11) is 0. The average molecular weight is 261 g/mol. The highest BCUT2D eigenvalue weighted by Crippen LogP contribution is 2.17. The van der Waals surface area contributed by atoms with Gasteiger partial charge in [-0.25, -0.2) is 0 Å². The third-order valence-electron chi connectivity index (χ3n) is 3.93. The van der Waals surface area contributed by atoms with E-state index in [2.05, 4.69) is 56.4 Å². The van der Waals surface area contributed by atoms with Crippen LogP contribution in [0.4, 0.5) is 0 Å². The Labute approximate surface area is 119 Å². The largest absolute Gasteiger partial charge is 0.314 e. The summed E-state index contributed by atoms with van der Waals surface area (Å²) in [6, 6.07) is 11.5. The van der Waals surface area contributed by atoms with Crippen molar-refractivity contribution in [3.05, 3.63) is 35.9 Å². The van der Waals surface area contributed by atoms with Crippen LogP contribution < -0.4 is 5.32 Å². The lowest BCUT2D eigenvalue weighted by Gasteiger charge is -2.16. The predicted octanol–water partition coefficient (Wildman–Crippen LogP) is 5.13. The van der Waals surface area contributed by atoms with E-state index in [1.807, 2.05) is 0 Å². The molecule has 2 unspecified atom stereocenters. The van der Waals surface area contributed by atoms with E-state index in [1.165, 1.54) is 44.1 Å². The third-order valence-corrected chi connectivity index (χ3v) is 3.93. The van der Waals surface area contributed by atoms with Gasteiger partial charge in [0.05, 0.1) is 0 Å². The van der Waals surface area contributed by atoms with Crippen LogP contribution >= 0.6 is 0 Å². The summed E-state index contributed by atoms with van der Waals surface area (Å²) in [5, 5.41) is 3.66. The van der Waals surface area contributed by atoms with E-state index in [0.717, 1.165) is 6.54 Å². The lowest BCUT2D eigenvalue weighted by molar-refractivity contribution is 0.468. The summed E-state index contributed by atoms with van der Waals surface area (Å²) in [6.45, 7) is 8.04. The molecule has 0 saturated carbocycles. The molecule has 0 saturated heterocycles. The molecule has 0 amide bonds. The Morgan fingerprint density at radius 2 is 1.68 bits per heavy atom. The molecule has 1 aromatic carbocycles. The van der Waals surface area contributed by atoms with E-state index >= 15 is 0 Å². The van der Waals surface area contributed by atoms with Gasteiger partial charge < -0.3 is 5.32 Å². The van der Waals surface area contributed by atoms with E-state index in [9.17, 15) is 0 Å². The first-order valence-electron chi connectivity index (χ1n) is 8.02. The summed E-state index contributed by atoms with van der Waals surface area (Å²) in [5.74, 6) is 0.654. The predicted molar refractivity (Wildman–Crippen MR) is 85.7 cm³/mol.